The predicted molar refractivity (Wildman–Crippen MR) is 55.6 cm³/mol. The summed E-state index contributed by atoms with van der Waals surface area (Å²) in [6.07, 6.45) is -1.96. The van der Waals surface area contributed by atoms with Gasteiger partial charge in [-0.05, 0) is 13.3 Å². The van der Waals surface area contributed by atoms with Crippen LogP contribution in [-0.4, -0.2) is 50.9 Å². The summed E-state index contributed by atoms with van der Waals surface area (Å²) in [7, 11) is -5.31. The second kappa shape index (κ2) is 5.31. The fourth-order valence-electron chi connectivity index (χ4n) is 1.46. The molecule has 0 aliphatic rings. The number of carboxylic acids is 3. The van der Waals surface area contributed by atoms with Crippen LogP contribution in [0.2, 0.25) is 0 Å². The van der Waals surface area contributed by atoms with Gasteiger partial charge in [0.15, 0.2) is 0 Å². The van der Waals surface area contributed by atoms with Crippen molar-refractivity contribution in [2.75, 3.05) is 0 Å². The van der Waals surface area contributed by atoms with Gasteiger partial charge in [0, 0.05) is 6.42 Å². The van der Waals surface area contributed by atoms with Gasteiger partial charge in [0.1, 0.15) is 0 Å². The van der Waals surface area contributed by atoms with Gasteiger partial charge in [0.05, 0.1) is 5.92 Å². The smallest absolute Gasteiger partial charge is 0.328 e. The van der Waals surface area contributed by atoms with Crippen LogP contribution in [0.5, 0.6) is 0 Å². The lowest BCUT2D eigenvalue weighted by atomic mass is 9.88. The Morgan fingerprint density at radius 2 is 1.61 bits per heavy atom. The Labute approximate surface area is 102 Å². The van der Waals surface area contributed by atoms with E-state index in [1.54, 1.807) is 0 Å². The number of aliphatic carboxylic acids is 3. The van der Waals surface area contributed by atoms with Crippen LogP contribution in [0.3, 0.4) is 0 Å². The van der Waals surface area contributed by atoms with E-state index in [2.05, 4.69) is 0 Å². The molecule has 0 amide bonds. The third-order valence-corrected chi connectivity index (χ3v) is 4.26. The molecule has 18 heavy (non-hydrogen) atoms. The van der Waals surface area contributed by atoms with Crippen LogP contribution in [0.15, 0.2) is 0 Å². The average Bonchev–Trinajstić information content (AvgIpc) is 2.14. The van der Waals surface area contributed by atoms with Crippen molar-refractivity contribution in [3.63, 3.8) is 0 Å². The molecule has 0 spiro atoms. The largest absolute Gasteiger partial charge is 0.481 e. The van der Waals surface area contributed by atoms with Gasteiger partial charge >= 0.3 is 17.9 Å². The molecule has 10 heteroatoms. The number of carbonyl (C=O) groups is 3. The third kappa shape index (κ3) is 2.96. The zero-order valence-corrected chi connectivity index (χ0v) is 10.0. The van der Waals surface area contributed by atoms with E-state index >= 15 is 0 Å². The Kier molecular flexibility index (Phi) is 4.82. The maximum absolute atomic E-state index is 11.2. The molecule has 2 unspecified atom stereocenters. The Bertz CT molecular complexity index is 465. The van der Waals surface area contributed by atoms with E-state index in [-0.39, 0.29) is 0 Å². The first kappa shape index (κ1) is 16.3. The van der Waals surface area contributed by atoms with Crippen LogP contribution in [0.1, 0.15) is 19.8 Å². The van der Waals surface area contributed by atoms with E-state index in [1.165, 1.54) is 0 Å². The summed E-state index contributed by atoms with van der Waals surface area (Å²) in [4.78, 5) is 32.2. The van der Waals surface area contributed by atoms with Gasteiger partial charge in [-0.15, -0.1) is 0 Å². The lowest BCUT2D eigenvalue weighted by Crippen LogP contribution is -2.54. The first-order valence-corrected chi connectivity index (χ1v) is 6.06. The standard InChI is InChI=1S/C8H12O9S/c1-4(6(11)12)8(7(13)14,18(15,16)17)3-2-5(9)10/h4H,2-3H2,1H3,(H,9,10)(H,11,12)(H,13,14)(H,15,16,17). The van der Waals surface area contributed by atoms with Crippen LogP contribution in [0.4, 0.5) is 0 Å². The molecule has 104 valence electrons. The zero-order chi connectivity index (χ0) is 14.7. The van der Waals surface area contributed by atoms with Gasteiger partial charge in [-0.1, -0.05) is 0 Å². The van der Waals surface area contributed by atoms with E-state index in [0.29, 0.717) is 0 Å². The van der Waals surface area contributed by atoms with Crippen LogP contribution < -0.4 is 0 Å². The van der Waals surface area contributed by atoms with E-state index in [1.807, 2.05) is 0 Å². The highest BCUT2D eigenvalue weighted by Crippen LogP contribution is 2.32. The fraction of sp³-hybridized carbons (Fsp3) is 0.625. The molecule has 9 nitrogen and oxygen atoms in total. The molecule has 0 saturated carbocycles. The minimum absolute atomic E-state index is 0.770. The van der Waals surface area contributed by atoms with Gasteiger partial charge in [-0.3, -0.25) is 18.9 Å². The van der Waals surface area contributed by atoms with Crippen molar-refractivity contribution in [1.82, 2.24) is 0 Å². The minimum atomic E-state index is -5.31. The number of hydrogen-bond donors (Lipinski definition) is 4. The first-order valence-electron chi connectivity index (χ1n) is 4.62. The van der Waals surface area contributed by atoms with Crippen molar-refractivity contribution in [3.05, 3.63) is 0 Å². The monoisotopic (exact) mass is 284 g/mol. The van der Waals surface area contributed by atoms with Crippen molar-refractivity contribution >= 4 is 28.0 Å². The van der Waals surface area contributed by atoms with E-state index in [4.69, 9.17) is 19.9 Å². The summed E-state index contributed by atoms with van der Waals surface area (Å²) in [5.41, 5.74) is 0. The van der Waals surface area contributed by atoms with Crippen molar-refractivity contribution in [3.8, 4) is 0 Å². The number of carboxylic acid groups (broad SMARTS) is 3. The zero-order valence-electron chi connectivity index (χ0n) is 9.23. The molecule has 0 aromatic heterocycles. The molecule has 0 fully saturated rings. The van der Waals surface area contributed by atoms with E-state index in [0.717, 1.165) is 6.92 Å². The Morgan fingerprint density at radius 1 is 1.17 bits per heavy atom. The highest BCUT2D eigenvalue weighted by Gasteiger charge is 2.57. The maximum Gasteiger partial charge on any atom is 0.328 e. The topological polar surface area (TPSA) is 166 Å². The molecule has 0 bridgehead atoms. The normalized spacial score (nSPS) is 16.6. The van der Waals surface area contributed by atoms with Gasteiger partial charge < -0.3 is 15.3 Å². The molecule has 0 saturated heterocycles. The molecule has 0 radical (unpaired) electrons. The second-order valence-corrected chi connectivity index (χ2v) is 5.30. The lowest BCUT2D eigenvalue weighted by Gasteiger charge is -2.29. The summed E-state index contributed by atoms with van der Waals surface area (Å²) in [6, 6.07) is 0. The Morgan fingerprint density at radius 3 is 1.83 bits per heavy atom. The second-order valence-electron chi connectivity index (χ2n) is 3.62. The summed E-state index contributed by atoms with van der Waals surface area (Å²) >= 11 is 0. The van der Waals surface area contributed by atoms with Crippen LogP contribution >= 0.6 is 0 Å². The van der Waals surface area contributed by atoms with Crippen LogP contribution in [0, 0.1) is 5.92 Å². The van der Waals surface area contributed by atoms with Crippen molar-refractivity contribution in [2.24, 2.45) is 5.92 Å². The van der Waals surface area contributed by atoms with Gasteiger partial charge in [0.25, 0.3) is 10.1 Å². The number of rotatable bonds is 7. The minimum Gasteiger partial charge on any atom is -0.481 e. The molecule has 4 N–H and O–H groups in total. The van der Waals surface area contributed by atoms with Gasteiger partial charge in [-0.2, -0.15) is 8.42 Å². The summed E-state index contributed by atoms with van der Waals surface area (Å²) < 4.78 is 28.2. The summed E-state index contributed by atoms with van der Waals surface area (Å²) in [6.45, 7) is 0.770. The lowest BCUT2D eigenvalue weighted by molar-refractivity contribution is -0.152. The average molecular weight is 284 g/mol. The maximum atomic E-state index is 11.2. The highest BCUT2D eigenvalue weighted by molar-refractivity contribution is 7.88. The van der Waals surface area contributed by atoms with E-state index in [9.17, 15) is 22.8 Å². The summed E-state index contributed by atoms with van der Waals surface area (Å²) in [5.74, 6) is -7.41. The molecule has 0 aliphatic carbocycles. The van der Waals surface area contributed by atoms with Gasteiger partial charge in [0.2, 0.25) is 4.75 Å². The molecular weight excluding hydrogens is 272 g/mol. The third-order valence-electron chi connectivity index (χ3n) is 2.60. The molecular formula is C8H12O9S. The van der Waals surface area contributed by atoms with Crippen molar-refractivity contribution in [2.45, 2.75) is 24.5 Å². The SMILES string of the molecule is CC(C(=O)O)C(CCC(=O)O)(C(=O)O)S(=O)(=O)O. The van der Waals surface area contributed by atoms with Gasteiger partial charge in [-0.25, -0.2) is 0 Å². The first-order chi connectivity index (χ1) is 7.96. The quantitative estimate of drug-likeness (QED) is 0.441. The fourth-order valence-corrected chi connectivity index (χ4v) is 2.59. The molecule has 0 heterocycles. The molecule has 0 aromatic carbocycles. The van der Waals surface area contributed by atoms with Crippen molar-refractivity contribution < 1.29 is 42.7 Å². The summed E-state index contributed by atoms with van der Waals surface area (Å²) in [5, 5.41) is 26.0. The van der Waals surface area contributed by atoms with Crippen molar-refractivity contribution in [1.29, 1.82) is 0 Å². The van der Waals surface area contributed by atoms with Crippen LogP contribution in [-0.2, 0) is 24.5 Å². The Balaban J connectivity index is 5.83. The Hall–Kier alpha value is -1.68. The van der Waals surface area contributed by atoms with E-state index < -0.39 is 51.5 Å². The molecule has 0 aromatic rings. The molecule has 0 aliphatic heterocycles. The number of hydrogen-bond acceptors (Lipinski definition) is 5. The highest BCUT2D eigenvalue weighted by atomic mass is 32.2. The molecule has 0 rings (SSSR count). The van der Waals surface area contributed by atoms with Crippen LogP contribution in [0.25, 0.3) is 0 Å². The predicted octanol–water partition coefficient (Wildman–Crippen LogP) is -0.717. The molecule has 2 atom stereocenters.